The highest BCUT2D eigenvalue weighted by Gasteiger charge is 2.48. The van der Waals surface area contributed by atoms with Crippen LogP contribution in [0.2, 0.25) is 0 Å². The first-order valence-electron chi connectivity index (χ1n) is 8.15. The summed E-state index contributed by atoms with van der Waals surface area (Å²) in [5.41, 5.74) is 0.850. The van der Waals surface area contributed by atoms with E-state index in [2.05, 4.69) is 10.5 Å². The number of nitrogens with zero attached hydrogens (tertiary/aromatic N) is 2. The molecule has 3 aliphatic carbocycles. The maximum Gasteiger partial charge on any atom is 0.317 e. The van der Waals surface area contributed by atoms with Gasteiger partial charge in [-0.15, -0.1) is 0 Å². The summed E-state index contributed by atoms with van der Waals surface area (Å²) in [6, 6.07) is 1.92. The fourth-order valence-corrected chi connectivity index (χ4v) is 4.79. The minimum absolute atomic E-state index is 0.0536. The lowest BCUT2D eigenvalue weighted by atomic mass is 9.60. The molecule has 4 fully saturated rings. The third kappa shape index (κ3) is 2.32. The van der Waals surface area contributed by atoms with Crippen molar-refractivity contribution in [3.63, 3.8) is 0 Å². The average molecular weight is 289 g/mol. The molecule has 2 heterocycles. The van der Waals surface area contributed by atoms with Crippen LogP contribution in [0.25, 0.3) is 0 Å². The molecule has 1 aromatic rings. The first kappa shape index (κ1) is 13.2. The molecule has 0 aromatic carbocycles. The highest BCUT2D eigenvalue weighted by atomic mass is 16.5. The lowest BCUT2D eigenvalue weighted by Gasteiger charge is -2.44. The molecule has 2 unspecified atom stereocenters. The Hall–Kier alpha value is -1.52. The number of likely N-dealkylation sites (tertiary alicyclic amines) is 1. The number of amides is 2. The van der Waals surface area contributed by atoms with Gasteiger partial charge in [-0.2, -0.15) is 0 Å². The van der Waals surface area contributed by atoms with Crippen molar-refractivity contribution < 1.29 is 9.32 Å². The number of aryl methyl sites for hydroxylation is 1. The molecule has 2 bridgehead atoms. The Kier molecular flexibility index (Phi) is 3.16. The van der Waals surface area contributed by atoms with Crippen LogP contribution in [-0.4, -0.2) is 29.2 Å². The van der Waals surface area contributed by atoms with Crippen molar-refractivity contribution >= 4 is 6.03 Å². The van der Waals surface area contributed by atoms with Crippen molar-refractivity contribution in [2.75, 3.05) is 13.1 Å². The Morgan fingerprint density at radius 3 is 2.43 bits per heavy atom. The largest absolute Gasteiger partial charge is 0.359 e. The van der Waals surface area contributed by atoms with Gasteiger partial charge in [-0.05, 0) is 56.3 Å². The van der Waals surface area contributed by atoms with Crippen LogP contribution in [0.5, 0.6) is 0 Å². The van der Waals surface area contributed by atoms with E-state index in [4.69, 9.17) is 4.52 Å². The number of aromatic nitrogens is 1. The molecule has 2 amide bonds. The van der Waals surface area contributed by atoms with Crippen LogP contribution in [0.1, 0.15) is 37.1 Å². The second-order valence-electron chi connectivity index (χ2n) is 7.00. The van der Waals surface area contributed by atoms with Gasteiger partial charge in [0.05, 0.1) is 12.2 Å². The molecule has 114 valence electrons. The van der Waals surface area contributed by atoms with Gasteiger partial charge in [-0.3, -0.25) is 0 Å². The molecular weight excluding hydrogens is 266 g/mol. The quantitative estimate of drug-likeness (QED) is 0.910. The van der Waals surface area contributed by atoms with Gasteiger partial charge in [0.2, 0.25) is 0 Å². The minimum atomic E-state index is 0.0536. The van der Waals surface area contributed by atoms with E-state index < -0.39 is 0 Å². The molecule has 1 aromatic heterocycles. The molecule has 5 heteroatoms. The molecule has 4 aliphatic rings. The van der Waals surface area contributed by atoms with Gasteiger partial charge >= 0.3 is 6.03 Å². The summed E-state index contributed by atoms with van der Waals surface area (Å²) in [4.78, 5) is 14.4. The highest BCUT2D eigenvalue weighted by Crippen LogP contribution is 2.51. The van der Waals surface area contributed by atoms with Gasteiger partial charge in [0.1, 0.15) is 0 Å². The van der Waals surface area contributed by atoms with Crippen molar-refractivity contribution in [1.82, 2.24) is 15.4 Å². The lowest BCUT2D eigenvalue weighted by molar-refractivity contribution is 0.0577. The normalized spacial score (nSPS) is 34.0. The molecule has 2 atom stereocenters. The molecule has 1 saturated heterocycles. The van der Waals surface area contributed by atoms with Gasteiger partial charge in [-0.25, -0.2) is 4.79 Å². The Morgan fingerprint density at radius 2 is 1.90 bits per heavy atom. The highest BCUT2D eigenvalue weighted by molar-refractivity contribution is 5.74. The van der Waals surface area contributed by atoms with Crippen molar-refractivity contribution in [2.45, 2.75) is 39.2 Å². The number of hydrogen-bond acceptors (Lipinski definition) is 3. The van der Waals surface area contributed by atoms with E-state index in [0.717, 1.165) is 48.2 Å². The van der Waals surface area contributed by atoms with Gasteiger partial charge in [-0.1, -0.05) is 5.16 Å². The second kappa shape index (κ2) is 5.04. The number of urea groups is 1. The molecule has 1 N–H and O–H groups in total. The topological polar surface area (TPSA) is 58.4 Å². The van der Waals surface area contributed by atoms with E-state index in [-0.39, 0.29) is 6.03 Å². The van der Waals surface area contributed by atoms with Gasteiger partial charge < -0.3 is 14.7 Å². The summed E-state index contributed by atoms with van der Waals surface area (Å²) < 4.78 is 5.13. The van der Waals surface area contributed by atoms with Crippen LogP contribution in [0.15, 0.2) is 10.6 Å². The van der Waals surface area contributed by atoms with E-state index in [1.807, 2.05) is 17.9 Å². The van der Waals surface area contributed by atoms with E-state index >= 15 is 0 Å². The van der Waals surface area contributed by atoms with E-state index in [1.165, 1.54) is 25.7 Å². The van der Waals surface area contributed by atoms with Crippen LogP contribution in [0.3, 0.4) is 0 Å². The zero-order valence-corrected chi connectivity index (χ0v) is 12.5. The lowest BCUT2D eigenvalue weighted by Crippen LogP contribution is -2.38. The average Bonchev–Trinajstić information content (AvgIpc) is 3.13. The third-order valence-electron chi connectivity index (χ3n) is 5.82. The van der Waals surface area contributed by atoms with E-state index in [9.17, 15) is 4.79 Å². The number of fused-ring (bicyclic) bond motifs is 2. The number of nitrogens with one attached hydrogen (secondary N) is 1. The molecule has 0 radical (unpaired) electrons. The Bertz CT molecular complexity index is 513. The molecule has 1 aliphatic heterocycles. The first-order valence-corrected chi connectivity index (χ1v) is 8.15. The number of hydrogen-bond donors (Lipinski definition) is 1. The molecule has 5 rings (SSSR count). The van der Waals surface area contributed by atoms with Crippen LogP contribution < -0.4 is 5.32 Å². The fourth-order valence-electron chi connectivity index (χ4n) is 4.79. The summed E-state index contributed by atoms with van der Waals surface area (Å²) in [7, 11) is 0. The first-order chi connectivity index (χ1) is 10.2. The van der Waals surface area contributed by atoms with Crippen LogP contribution >= 0.6 is 0 Å². The SMILES string of the molecule is Cc1cc(CNC(=O)N2CC3C4CCC(CC4)C3C2)on1. The zero-order valence-electron chi connectivity index (χ0n) is 12.5. The fraction of sp³-hybridized carbons (Fsp3) is 0.750. The Morgan fingerprint density at radius 1 is 1.29 bits per heavy atom. The monoisotopic (exact) mass is 289 g/mol. The standard InChI is InChI=1S/C16H23N3O2/c1-10-6-13(21-18-10)7-17-16(20)19-8-14-11-2-3-12(5-4-11)15(14)9-19/h6,11-12,14-15H,2-5,7-9H2,1H3,(H,17,20). The predicted molar refractivity (Wildman–Crippen MR) is 77.5 cm³/mol. The minimum Gasteiger partial charge on any atom is -0.359 e. The number of rotatable bonds is 2. The number of carbonyl (C=O) groups is 1. The maximum atomic E-state index is 12.4. The summed E-state index contributed by atoms with van der Waals surface area (Å²) in [5.74, 6) is 3.98. The number of carbonyl (C=O) groups excluding carboxylic acids is 1. The van der Waals surface area contributed by atoms with Crippen LogP contribution in [-0.2, 0) is 6.54 Å². The van der Waals surface area contributed by atoms with Crippen LogP contribution in [0, 0.1) is 30.6 Å². The zero-order chi connectivity index (χ0) is 14.4. The van der Waals surface area contributed by atoms with E-state index in [1.54, 1.807) is 0 Å². The molecular formula is C16H23N3O2. The molecule has 0 spiro atoms. The van der Waals surface area contributed by atoms with Crippen molar-refractivity contribution in [1.29, 1.82) is 0 Å². The van der Waals surface area contributed by atoms with E-state index in [0.29, 0.717) is 6.54 Å². The second-order valence-corrected chi connectivity index (χ2v) is 7.00. The molecule has 21 heavy (non-hydrogen) atoms. The van der Waals surface area contributed by atoms with Crippen molar-refractivity contribution in [3.05, 3.63) is 17.5 Å². The van der Waals surface area contributed by atoms with Crippen molar-refractivity contribution in [2.24, 2.45) is 23.7 Å². The predicted octanol–water partition coefficient (Wildman–Crippen LogP) is 2.56. The third-order valence-corrected chi connectivity index (χ3v) is 5.82. The Labute approximate surface area is 125 Å². The molecule has 5 nitrogen and oxygen atoms in total. The molecule has 3 saturated carbocycles. The van der Waals surface area contributed by atoms with Gasteiger partial charge in [0.15, 0.2) is 5.76 Å². The van der Waals surface area contributed by atoms with Gasteiger partial charge in [0.25, 0.3) is 0 Å². The summed E-state index contributed by atoms with van der Waals surface area (Å²) >= 11 is 0. The van der Waals surface area contributed by atoms with Gasteiger partial charge in [0, 0.05) is 19.2 Å². The Balaban J connectivity index is 1.36. The summed E-state index contributed by atoms with van der Waals surface area (Å²) in [6.07, 6.45) is 5.55. The summed E-state index contributed by atoms with van der Waals surface area (Å²) in [6.45, 7) is 4.22. The summed E-state index contributed by atoms with van der Waals surface area (Å²) in [5, 5.41) is 6.81. The maximum absolute atomic E-state index is 12.4. The smallest absolute Gasteiger partial charge is 0.317 e. The van der Waals surface area contributed by atoms with Crippen molar-refractivity contribution in [3.8, 4) is 0 Å². The van der Waals surface area contributed by atoms with Crippen LogP contribution in [0.4, 0.5) is 4.79 Å².